The molecule has 0 bridgehead atoms. The monoisotopic (exact) mass is 449 g/mol. The standard InChI is InChI=1S/C27H39N5O/c1-31(21-24-15-18-28-30-24)25-16-19-32(20-17-25)26-13-11-23(12-14-26)29-27(33)10-6-5-9-22-7-3-2-4-8-22/h2-4,7-8,11-14,24-25,28,30H,5-6,9-10,15-21H2,1H3,(H,29,33). The number of likely N-dealkylation sites (N-methyl/N-ethyl adjacent to an activating group) is 1. The van der Waals surface area contributed by atoms with Crippen LogP contribution in [0.5, 0.6) is 0 Å². The highest BCUT2D eigenvalue weighted by Gasteiger charge is 2.25. The Morgan fingerprint density at radius 2 is 1.79 bits per heavy atom. The van der Waals surface area contributed by atoms with E-state index in [-0.39, 0.29) is 5.91 Å². The molecule has 2 aliphatic heterocycles. The van der Waals surface area contributed by atoms with Crippen LogP contribution in [0.15, 0.2) is 54.6 Å². The van der Waals surface area contributed by atoms with Gasteiger partial charge in [-0.2, -0.15) is 0 Å². The molecule has 2 aromatic rings. The molecule has 2 saturated heterocycles. The molecular weight excluding hydrogens is 410 g/mol. The number of hydrogen-bond acceptors (Lipinski definition) is 5. The van der Waals surface area contributed by atoms with Crippen molar-refractivity contribution in [3.8, 4) is 0 Å². The van der Waals surface area contributed by atoms with Crippen molar-refractivity contribution in [1.29, 1.82) is 0 Å². The molecule has 6 nitrogen and oxygen atoms in total. The van der Waals surface area contributed by atoms with Crippen molar-refractivity contribution in [2.24, 2.45) is 0 Å². The fraction of sp³-hybridized carbons (Fsp3) is 0.519. The van der Waals surface area contributed by atoms with E-state index in [2.05, 4.69) is 69.4 Å². The number of nitrogens with one attached hydrogen (secondary N) is 3. The van der Waals surface area contributed by atoms with Gasteiger partial charge < -0.3 is 15.1 Å². The van der Waals surface area contributed by atoms with Crippen molar-refractivity contribution in [2.75, 3.05) is 43.4 Å². The van der Waals surface area contributed by atoms with E-state index >= 15 is 0 Å². The summed E-state index contributed by atoms with van der Waals surface area (Å²) in [4.78, 5) is 17.3. The Labute approximate surface area is 198 Å². The summed E-state index contributed by atoms with van der Waals surface area (Å²) in [5.74, 6) is 0.103. The maximum atomic E-state index is 12.3. The minimum atomic E-state index is 0.103. The van der Waals surface area contributed by atoms with Gasteiger partial charge in [-0.25, -0.2) is 0 Å². The number of aryl methyl sites for hydroxylation is 1. The molecule has 0 aromatic heterocycles. The second-order valence-corrected chi connectivity index (χ2v) is 9.50. The van der Waals surface area contributed by atoms with E-state index in [1.165, 1.54) is 30.5 Å². The van der Waals surface area contributed by atoms with Crippen molar-refractivity contribution in [3.63, 3.8) is 0 Å². The maximum absolute atomic E-state index is 12.3. The quantitative estimate of drug-likeness (QED) is 0.482. The van der Waals surface area contributed by atoms with E-state index in [1.54, 1.807) is 0 Å². The van der Waals surface area contributed by atoms with Crippen LogP contribution in [0.25, 0.3) is 0 Å². The van der Waals surface area contributed by atoms with Crippen molar-refractivity contribution in [2.45, 2.75) is 57.0 Å². The predicted molar refractivity (Wildman–Crippen MR) is 136 cm³/mol. The van der Waals surface area contributed by atoms with Crippen LogP contribution in [0.3, 0.4) is 0 Å². The number of benzene rings is 2. The molecule has 6 heteroatoms. The highest BCUT2D eigenvalue weighted by atomic mass is 16.1. The third-order valence-corrected chi connectivity index (χ3v) is 7.00. The van der Waals surface area contributed by atoms with Gasteiger partial charge in [-0.3, -0.25) is 15.6 Å². The molecule has 4 rings (SSSR count). The SMILES string of the molecule is CN(CC1CCNN1)C1CCN(c2ccc(NC(=O)CCCCc3ccccc3)cc2)CC1. The minimum Gasteiger partial charge on any atom is -0.371 e. The van der Waals surface area contributed by atoms with Crippen LogP contribution in [0.4, 0.5) is 11.4 Å². The Bertz CT molecular complexity index is 843. The number of carbonyl (C=O) groups is 1. The molecule has 1 amide bonds. The largest absolute Gasteiger partial charge is 0.371 e. The normalized spacial score (nSPS) is 19.2. The first-order chi connectivity index (χ1) is 16.2. The molecule has 2 aliphatic rings. The molecule has 1 atom stereocenters. The zero-order valence-corrected chi connectivity index (χ0v) is 19.9. The number of unbranched alkanes of at least 4 members (excludes halogenated alkanes) is 1. The summed E-state index contributed by atoms with van der Waals surface area (Å²) in [5, 5.41) is 3.05. The van der Waals surface area contributed by atoms with Crippen LogP contribution in [0.1, 0.15) is 44.1 Å². The fourth-order valence-electron chi connectivity index (χ4n) is 4.97. The number of amides is 1. The molecule has 0 aliphatic carbocycles. The van der Waals surface area contributed by atoms with Crippen LogP contribution in [-0.2, 0) is 11.2 Å². The molecule has 2 fully saturated rings. The highest BCUT2D eigenvalue weighted by molar-refractivity contribution is 5.90. The Balaban J connectivity index is 1.15. The van der Waals surface area contributed by atoms with Gasteiger partial charge in [0.1, 0.15) is 0 Å². The topological polar surface area (TPSA) is 59.6 Å². The zero-order valence-electron chi connectivity index (χ0n) is 19.9. The third-order valence-electron chi connectivity index (χ3n) is 7.00. The van der Waals surface area contributed by atoms with E-state index in [0.717, 1.165) is 51.1 Å². The number of nitrogens with zero attached hydrogens (tertiary/aromatic N) is 2. The van der Waals surface area contributed by atoms with Crippen molar-refractivity contribution in [3.05, 3.63) is 60.2 Å². The summed E-state index contributed by atoms with van der Waals surface area (Å²) in [5.41, 5.74) is 10.1. The molecule has 3 N–H and O–H groups in total. The molecule has 2 heterocycles. The van der Waals surface area contributed by atoms with Gasteiger partial charge in [0.25, 0.3) is 0 Å². The summed E-state index contributed by atoms with van der Waals surface area (Å²) in [6.45, 7) is 4.34. The average molecular weight is 450 g/mol. The lowest BCUT2D eigenvalue weighted by atomic mass is 10.0. The average Bonchev–Trinajstić information content (AvgIpc) is 3.36. The molecular formula is C27H39N5O. The van der Waals surface area contributed by atoms with Gasteiger partial charge in [0.05, 0.1) is 0 Å². The predicted octanol–water partition coefficient (Wildman–Crippen LogP) is 3.81. The van der Waals surface area contributed by atoms with Gasteiger partial charge in [-0.15, -0.1) is 0 Å². The summed E-state index contributed by atoms with van der Waals surface area (Å²) in [7, 11) is 2.26. The van der Waals surface area contributed by atoms with E-state index in [1.807, 2.05) is 18.2 Å². The van der Waals surface area contributed by atoms with E-state index in [0.29, 0.717) is 18.5 Å². The number of hydrazine groups is 1. The van der Waals surface area contributed by atoms with E-state index < -0.39 is 0 Å². The molecule has 33 heavy (non-hydrogen) atoms. The minimum absolute atomic E-state index is 0.103. The lowest BCUT2D eigenvalue weighted by Gasteiger charge is -2.38. The number of hydrogen-bond donors (Lipinski definition) is 3. The number of anilines is 2. The van der Waals surface area contributed by atoms with Crippen LogP contribution in [0, 0.1) is 0 Å². The van der Waals surface area contributed by atoms with Crippen LogP contribution in [0.2, 0.25) is 0 Å². The maximum Gasteiger partial charge on any atom is 0.224 e. The van der Waals surface area contributed by atoms with E-state index in [4.69, 9.17) is 0 Å². The summed E-state index contributed by atoms with van der Waals surface area (Å²) < 4.78 is 0. The first-order valence-corrected chi connectivity index (χ1v) is 12.5. The molecule has 0 saturated carbocycles. The molecule has 2 aromatic carbocycles. The summed E-state index contributed by atoms with van der Waals surface area (Å²) in [6, 6.07) is 20.1. The van der Waals surface area contributed by atoms with Gasteiger partial charge in [0.15, 0.2) is 0 Å². The second-order valence-electron chi connectivity index (χ2n) is 9.50. The number of carbonyl (C=O) groups excluding carboxylic acids is 1. The van der Waals surface area contributed by atoms with Gasteiger partial charge >= 0.3 is 0 Å². The Kier molecular flexibility index (Phi) is 8.75. The van der Waals surface area contributed by atoms with Crippen LogP contribution in [-0.4, -0.2) is 56.1 Å². The van der Waals surface area contributed by atoms with Crippen molar-refractivity contribution >= 4 is 17.3 Å². The van der Waals surface area contributed by atoms with E-state index in [9.17, 15) is 4.79 Å². The Hall–Kier alpha value is -2.41. The first-order valence-electron chi connectivity index (χ1n) is 12.5. The smallest absolute Gasteiger partial charge is 0.224 e. The van der Waals surface area contributed by atoms with Gasteiger partial charge in [0.2, 0.25) is 5.91 Å². The summed E-state index contributed by atoms with van der Waals surface area (Å²) >= 11 is 0. The Morgan fingerprint density at radius 1 is 1.03 bits per heavy atom. The Morgan fingerprint density at radius 3 is 2.48 bits per heavy atom. The molecule has 0 radical (unpaired) electrons. The zero-order chi connectivity index (χ0) is 22.9. The lowest BCUT2D eigenvalue weighted by Crippen LogP contribution is -2.47. The van der Waals surface area contributed by atoms with Crippen molar-refractivity contribution < 1.29 is 4.79 Å². The van der Waals surface area contributed by atoms with Crippen LogP contribution >= 0.6 is 0 Å². The molecule has 1 unspecified atom stereocenters. The first kappa shape index (κ1) is 23.7. The van der Waals surface area contributed by atoms with Gasteiger partial charge in [-0.05, 0) is 75.4 Å². The number of rotatable bonds is 10. The second kappa shape index (κ2) is 12.2. The summed E-state index contributed by atoms with van der Waals surface area (Å²) in [6.07, 6.45) is 7.15. The highest BCUT2D eigenvalue weighted by Crippen LogP contribution is 2.24. The molecule has 178 valence electrons. The fourth-order valence-corrected chi connectivity index (χ4v) is 4.97. The van der Waals surface area contributed by atoms with Crippen molar-refractivity contribution in [1.82, 2.24) is 15.8 Å². The third kappa shape index (κ3) is 7.29. The number of piperidine rings is 1. The van der Waals surface area contributed by atoms with Crippen LogP contribution < -0.4 is 21.1 Å². The molecule has 0 spiro atoms. The lowest BCUT2D eigenvalue weighted by molar-refractivity contribution is -0.116. The van der Waals surface area contributed by atoms with Gasteiger partial charge in [0, 0.05) is 56.1 Å². The van der Waals surface area contributed by atoms with Gasteiger partial charge in [-0.1, -0.05) is 30.3 Å².